The molecule has 0 saturated carbocycles. The molecular formula is C7H8N2O2S. The zero-order valence-corrected chi connectivity index (χ0v) is 7.12. The standard InChI is InChI=1S/C7H8N2O2S/c10-7(11)1-4-12-6-5-8-2-3-9-6/h2-3,5H,1,4H2,(H,10,11). The van der Waals surface area contributed by atoms with E-state index in [0.29, 0.717) is 5.75 Å². The van der Waals surface area contributed by atoms with Gasteiger partial charge in [-0.25, -0.2) is 4.98 Å². The van der Waals surface area contributed by atoms with E-state index in [2.05, 4.69) is 9.97 Å². The van der Waals surface area contributed by atoms with Gasteiger partial charge in [-0.15, -0.1) is 11.8 Å². The fraction of sp³-hybridized carbons (Fsp3) is 0.286. The molecule has 1 N–H and O–H groups in total. The monoisotopic (exact) mass is 184 g/mol. The van der Waals surface area contributed by atoms with Gasteiger partial charge in [0.2, 0.25) is 0 Å². The number of aliphatic carboxylic acids is 1. The van der Waals surface area contributed by atoms with Crippen molar-refractivity contribution in [1.82, 2.24) is 9.97 Å². The van der Waals surface area contributed by atoms with Gasteiger partial charge in [-0.2, -0.15) is 0 Å². The van der Waals surface area contributed by atoms with Crippen LogP contribution in [0.15, 0.2) is 23.6 Å². The molecule has 1 heterocycles. The number of hydrogen-bond donors (Lipinski definition) is 1. The molecule has 0 aliphatic rings. The van der Waals surface area contributed by atoms with Crippen molar-refractivity contribution in [3.8, 4) is 0 Å². The predicted octanol–water partition coefficient (Wildman–Crippen LogP) is 1.04. The minimum absolute atomic E-state index is 0.154. The molecule has 1 aromatic heterocycles. The van der Waals surface area contributed by atoms with E-state index in [-0.39, 0.29) is 6.42 Å². The molecule has 0 unspecified atom stereocenters. The number of thioether (sulfide) groups is 1. The zero-order chi connectivity index (χ0) is 8.81. The molecule has 0 amide bonds. The fourth-order valence-electron chi connectivity index (χ4n) is 0.603. The molecule has 0 spiro atoms. The molecule has 64 valence electrons. The lowest BCUT2D eigenvalue weighted by Crippen LogP contribution is -1.96. The lowest BCUT2D eigenvalue weighted by Gasteiger charge is -1.95. The summed E-state index contributed by atoms with van der Waals surface area (Å²) in [5, 5.41) is 9.10. The lowest BCUT2D eigenvalue weighted by molar-refractivity contribution is -0.136. The maximum atomic E-state index is 10.1. The Hall–Kier alpha value is -1.10. The summed E-state index contributed by atoms with van der Waals surface area (Å²) in [7, 11) is 0. The van der Waals surface area contributed by atoms with Gasteiger partial charge < -0.3 is 5.11 Å². The molecule has 0 bridgehead atoms. The Morgan fingerprint density at radius 1 is 1.58 bits per heavy atom. The van der Waals surface area contributed by atoms with Gasteiger partial charge in [0.15, 0.2) is 0 Å². The molecule has 0 saturated heterocycles. The highest BCUT2D eigenvalue weighted by Gasteiger charge is 1.98. The Morgan fingerprint density at radius 3 is 3.00 bits per heavy atom. The van der Waals surface area contributed by atoms with Crippen LogP contribution in [-0.4, -0.2) is 26.8 Å². The summed E-state index contributed by atoms with van der Waals surface area (Å²) in [5.41, 5.74) is 0. The van der Waals surface area contributed by atoms with Gasteiger partial charge >= 0.3 is 5.97 Å². The van der Waals surface area contributed by atoms with E-state index >= 15 is 0 Å². The van der Waals surface area contributed by atoms with Gasteiger partial charge in [0.1, 0.15) is 5.03 Å². The van der Waals surface area contributed by atoms with Crippen molar-refractivity contribution in [1.29, 1.82) is 0 Å². The molecule has 0 radical (unpaired) electrons. The maximum absolute atomic E-state index is 10.1. The topological polar surface area (TPSA) is 63.1 Å². The Labute approximate surface area is 74.0 Å². The summed E-state index contributed by atoms with van der Waals surface area (Å²) in [6.45, 7) is 0. The number of carboxylic acids is 1. The highest BCUT2D eigenvalue weighted by Crippen LogP contribution is 2.13. The maximum Gasteiger partial charge on any atom is 0.304 e. The largest absolute Gasteiger partial charge is 0.481 e. The zero-order valence-electron chi connectivity index (χ0n) is 6.30. The normalized spacial score (nSPS) is 9.67. The van der Waals surface area contributed by atoms with Gasteiger partial charge in [-0.05, 0) is 0 Å². The third-order valence-electron chi connectivity index (χ3n) is 1.11. The van der Waals surface area contributed by atoms with Crippen LogP contribution in [0.2, 0.25) is 0 Å². The van der Waals surface area contributed by atoms with Crippen LogP contribution >= 0.6 is 11.8 Å². The Kier molecular flexibility index (Phi) is 3.53. The van der Waals surface area contributed by atoms with Gasteiger partial charge in [-0.1, -0.05) is 0 Å². The number of aromatic nitrogens is 2. The van der Waals surface area contributed by atoms with Crippen molar-refractivity contribution >= 4 is 17.7 Å². The molecule has 0 atom stereocenters. The predicted molar refractivity (Wildman–Crippen MR) is 45.0 cm³/mol. The molecule has 4 nitrogen and oxygen atoms in total. The molecule has 12 heavy (non-hydrogen) atoms. The summed E-state index contributed by atoms with van der Waals surface area (Å²) in [6, 6.07) is 0. The van der Waals surface area contributed by atoms with E-state index < -0.39 is 5.97 Å². The molecule has 0 aliphatic heterocycles. The summed E-state index contributed by atoms with van der Waals surface area (Å²) in [6.07, 6.45) is 4.94. The Balaban J connectivity index is 2.29. The first-order chi connectivity index (χ1) is 5.79. The number of hydrogen-bond acceptors (Lipinski definition) is 4. The molecule has 1 aromatic rings. The molecule has 1 rings (SSSR count). The molecule has 0 fully saturated rings. The summed E-state index contributed by atoms with van der Waals surface area (Å²) < 4.78 is 0. The highest BCUT2D eigenvalue weighted by atomic mass is 32.2. The minimum Gasteiger partial charge on any atom is -0.481 e. The van der Waals surface area contributed by atoms with Crippen LogP contribution in [0.4, 0.5) is 0 Å². The average Bonchev–Trinajstić information content (AvgIpc) is 2.05. The van der Waals surface area contributed by atoms with Crippen molar-refractivity contribution in [2.24, 2.45) is 0 Å². The van der Waals surface area contributed by atoms with Gasteiger partial charge in [0, 0.05) is 18.1 Å². The SMILES string of the molecule is O=C(O)CCSc1cnccn1. The summed E-state index contributed by atoms with van der Waals surface area (Å²) >= 11 is 1.39. The van der Waals surface area contributed by atoms with Crippen LogP contribution in [0.25, 0.3) is 0 Å². The smallest absolute Gasteiger partial charge is 0.304 e. The van der Waals surface area contributed by atoms with Crippen LogP contribution < -0.4 is 0 Å². The van der Waals surface area contributed by atoms with Crippen LogP contribution in [0.5, 0.6) is 0 Å². The van der Waals surface area contributed by atoms with E-state index in [0.717, 1.165) is 5.03 Å². The van der Waals surface area contributed by atoms with E-state index in [1.807, 2.05) is 0 Å². The van der Waals surface area contributed by atoms with Crippen LogP contribution in [0.1, 0.15) is 6.42 Å². The van der Waals surface area contributed by atoms with Crippen LogP contribution in [0, 0.1) is 0 Å². The molecule has 0 aromatic carbocycles. The van der Waals surface area contributed by atoms with Crippen molar-refractivity contribution in [3.05, 3.63) is 18.6 Å². The number of carbonyl (C=O) groups is 1. The lowest BCUT2D eigenvalue weighted by atomic mass is 10.5. The van der Waals surface area contributed by atoms with Crippen LogP contribution in [-0.2, 0) is 4.79 Å². The second kappa shape index (κ2) is 4.71. The Bertz CT molecular complexity index is 253. The highest BCUT2D eigenvalue weighted by molar-refractivity contribution is 7.99. The van der Waals surface area contributed by atoms with Crippen LogP contribution in [0.3, 0.4) is 0 Å². The fourth-order valence-corrected chi connectivity index (χ4v) is 1.36. The average molecular weight is 184 g/mol. The van der Waals surface area contributed by atoms with E-state index in [1.165, 1.54) is 11.8 Å². The Morgan fingerprint density at radius 2 is 2.42 bits per heavy atom. The number of nitrogens with zero attached hydrogens (tertiary/aromatic N) is 2. The van der Waals surface area contributed by atoms with Gasteiger partial charge in [-0.3, -0.25) is 9.78 Å². The van der Waals surface area contributed by atoms with E-state index in [4.69, 9.17) is 5.11 Å². The number of rotatable bonds is 4. The van der Waals surface area contributed by atoms with Crippen molar-refractivity contribution < 1.29 is 9.90 Å². The van der Waals surface area contributed by atoms with E-state index in [9.17, 15) is 4.79 Å². The van der Waals surface area contributed by atoms with Gasteiger partial charge in [0.05, 0.1) is 12.6 Å². The molecular weight excluding hydrogens is 176 g/mol. The van der Waals surface area contributed by atoms with Crippen molar-refractivity contribution in [2.75, 3.05) is 5.75 Å². The molecule has 0 aliphatic carbocycles. The third-order valence-corrected chi connectivity index (χ3v) is 2.02. The summed E-state index contributed by atoms with van der Waals surface area (Å²) in [4.78, 5) is 18.0. The minimum atomic E-state index is -0.786. The first-order valence-corrected chi connectivity index (χ1v) is 4.38. The first kappa shape index (κ1) is 8.99. The second-order valence-corrected chi connectivity index (χ2v) is 3.15. The number of carboxylic acid groups (broad SMARTS) is 1. The van der Waals surface area contributed by atoms with Crippen molar-refractivity contribution in [2.45, 2.75) is 11.4 Å². The van der Waals surface area contributed by atoms with Crippen molar-refractivity contribution in [3.63, 3.8) is 0 Å². The first-order valence-electron chi connectivity index (χ1n) is 3.39. The quantitative estimate of drug-likeness (QED) is 0.708. The van der Waals surface area contributed by atoms with E-state index in [1.54, 1.807) is 18.6 Å². The summed E-state index contributed by atoms with van der Waals surface area (Å²) in [5.74, 6) is -0.250. The molecule has 5 heteroatoms. The van der Waals surface area contributed by atoms with Gasteiger partial charge in [0.25, 0.3) is 0 Å². The third kappa shape index (κ3) is 3.34. The second-order valence-electron chi connectivity index (χ2n) is 2.04.